The molecule has 1 amide bonds. The highest BCUT2D eigenvalue weighted by Gasteiger charge is 2.13. The topological polar surface area (TPSA) is 42.0 Å². The molecule has 0 aliphatic rings. The van der Waals surface area contributed by atoms with Gasteiger partial charge in [0.05, 0.1) is 10.6 Å². The summed E-state index contributed by atoms with van der Waals surface area (Å²) >= 11 is 14.6. The molecule has 1 aromatic heterocycles. The smallest absolute Gasteiger partial charge is 0.258 e. The maximum absolute atomic E-state index is 13.2. The fourth-order valence-electron chi connectivity index (χ4n) is 1.35. The molecular formula is C12H6BrCl2FN2O. The van der Waals surface area contributed by atoms with Crippen molar-refractivity contribution in [2.24, 2.45) is 0 Å². The molecule has 1 heterocycles. The second kappa shape index (κ2) is 5.86. The highest BCUT2D eigenvalue weighted by Crippen LogP contribution is 2.22. The molecule has 0 spiro atoms. The number of anilines is 1. The van der Waals surface area contributed by atoms with Gasteiger partial charge in [0.15, 0.2) is 0 Å². The molecule has 0 unspecified atom stereocenters. The predicted molar refractivity (Wildman–Crippen MR) is 76.3 cm³/mol. The number of nitrogens with zero attached hydrogens (tertiary/aromatic N) is 1. The van der Waals surface area contributed by atoms with Crippen molar-refractivity contribution in [3.8, 4) is 0 Å². The Balaban J connectivity index is 2.25. The zero-order chi connectivity index (χ0) is 14.0. The lowest BCUT2D eigenvalue weighted by Gasteiger charge is -2.07. The van der Waals surface area contributed by atoms with Crippen LogP contribution >= 0.6 is 39.1 Å². The molecule has 0 fully saturated rings. The molecule has 0 saturated heterocycles. The van der Waals surface area contributed by atoms with Gasteiger partial charge in [-0.15, -0.1) is 0 Å². The van der Waals surface area contributed by atoms with Gasteiger partial charge < -0.3 is 5.32 Å². The van der Waals surface area contributed by atoms with Crippen molar-refractivity contribution >= 4 is 50.7 Å². The predicted octanol–water partition coefficient (Wildman–Crippen LogP) is 4.54. The normalized spacial score (nSPS) is 10.3. The van der Waals surface area contributed by atoms with Gasteiger partial charge >= 0.3 is 0 Å². The van der Waals surface area contributed by atoms with E-state index >= 15 is 0 Å². The molecule has 0 aliphatic heterocycles. The minimum atomic E-state index is -0.613. The Hall–Kier alpha value is -1.17. The van der Waals surface area contributed by atoms with Crippen LogP contribution in [-0.2, 0) is 0 Å². The summed E-state index contributed by atoms with van der Waals surface area (Å²) in [5.41, 5.74) is 0.467. The maximum Gasteiger partial charge on any atom is 0.258 e. The number of rotatable bonds is 2. The lowest BCUT2D eigenvalue weighted by Crippen LogP contribution is -2.13. The van der Waals surface area contributed by atoms with E-state index in [1.54, 1.807) is 0 Å². The molecule has 0 bridgehead atoms. The summed E-state index contributed by atoms with van der Waals surface area (Å²) in [4.78, 5) is 15.8. The van der Waals surface area contributed by atoms with Crippen molar-refractivity contribution < 1.29 is 9.18 Å². The average molecular weight is 364 g/mol. The zero-order valence-electron chi connectivity index (χ0n) is 9.25. The number of benzene rings is 1. The number of halogens is 4. The molecule has 2 aromatic rings. The molecular weight excluding hydrogens is 358 g/mol. The fourth-order valence-corrected chi connectivity index (χ4v) is 1.99. The second-order valence-electron chi connectivity index (χ2n) is 3.57. The van der Waals surface area contributed by atoms with Crippen molar-refractivity contribution in [2.45, 2.75) is 0 Å². The summed E-state index contributed by atoms with van der Waals surface area (Å²) in [6.45, 7) is 0. The van der Waals surface area contributed by atoms with E-state index in [-0.39, 0.29) is 21.4 Å². The minimum absolute atomic E-state index is 0.0137. The van der Waals surface area contributed by atoms with Crippen molar-refractivity contribution in [3.05, 3.63) is 56.5 Å². The van der Waals surface area contributed by atoms with E-state index < -0.39 is 11.7 Å². The van der Waals surface area contributed by atoms with Crippen LogP contribution in [0.1, 0.15) is 10.4 Å². The third-order valence-corrected chi connectivity index (χ3v) is 3.27. The summed E-state index contributed by atoms with van der Waals surface area (Å²) in [7, 11) is 0. The van der Waals surface area contributed by atoms with Crippen LogP contribution in [0.15, 0.2) is 34.9 Å². The maximum atomic E-state index is 13.2. The van der Waals surface area contributed by atoms with Crippen LogP contribution in [0, 0.1) is 5.82 Å². The van der Waals surface area contributed by atoms with Crippen molar-refractivity contribution in [1.82, 2.24) is 4.98 Å². The zero-order valence-corrected chi connectivity index (χ0v) is 12.4. The van der Waals surface area contributed by atoms with Crippen molar-refractivity contribution in [3.63, 3.8) is 0 Å². The molecule has 3 nitrogen and oxygen atoms in total. The van der Waals surface area contributed by atoms with Crippen LogP contribution < -0.4 is 5.32 Å². The monoisotopic (exact) mass is 362 g/mol. The Bertz CT molecular complexity index is 652. The van der Waals surface area contributed by atoms with Crippen LogP contribution in [-0.4, -0.2) is 10.9 Å². The van der Waals surface area contributed by atoms with Crippen LogP contribution in [0.3, 0.4) is 0 Å². The van der Waals surface area contributed by atoms with Crippen molar-refractivity contribution in [2.75, 3.05) is 5.32 Å². The van der Waals surface area contributed by atoms with E-state index in [0.29, 0.717) is 4.47 Å². The van der Waals surface area contributed by atoms with Gasteiger partial charge in [0.2, 0.25) is 0 Å². The highest BCUT2D eigenvalue weighted by molar-refractivity contribution is 9.10. The minimum Gasteiger partial charge on any atom is -0.322 e. The lowest BCUT2D eigenvalue weighted by molar-refractivity contribution is 0.102. The van der Waals surface area contributed by atoms with E-state index in [0.717, 1.165) is 6.07 Å². The molecule has 0 radical (unpaired) electrons. The SMILES string of the molecule is O=C(Nc1ccc(Cl)c(F)c1)c1cc(Br)cnc1Cl. The van der Waals surface area contributed by atoms with Gasteiger partial charge in [-0.25, -0.2) is 9.37 Å². The second-order valence-corrected chi connectivity index (χ2v) is 5.26. The van der Waals surface area contributed by atoms with Gasteiger partial charge in [0.1, 0.15) is 11.0 Å². The third kappa shape index (κ3) is 3.43. The fraction of sp³-hybridized carbons (Fsp3) is 0. The molecule has 1 aromatic carbocycles. The van der Waals surface area contributed by atoms with Gasteiger partial charge in [0.25, 0.3) is 5.91 Å². The summed E-state index contributed by atoms with van der Waals surface area (Å²) in [5, 5.41) is 2.56. The van der Waals surface area contributed by atoms with Crippen molar-refractivity contribution in [1.29, 1.82) is 0 Å². The number of hydrogen-bond acceptors (Lipinski definition) is 2. The number of hydrogen-bond donors (Lipinski definition) is 1. The van der Waals surface area contributed by atoms with Gasteiger partial charge in [-0.05, 0) is 40.2 Å². The number of aromatic nitrogens is 1. The molecule has 0 aliphatic carbocycles. The first kappa shape index (κ1) is 14.2. The Kier molecular flexibility index (Phi) is 4.39. The molecule has 0 saturated carbocycles. The molecule has 0 atom stereocenters. The van der Waals surface area contributed by atoms with E-state index in [2.05, 4.69) is 26.2 Å². The van der Waals surface area contributed by atoms with Gasteiger partial charge in [-0.2, -0.15) is 0 Å². The Morgan fingerprint density at radius 3 is 2.74 bits per heavy atom. The van der Waals surface area contributed by atoms with Gasteiger partial charge in [0, 0.05) is 16.4 Å². The van der Waals surface area contributed by atoms with E-state index in [1.165, 1.54) is 24.4 Å². The van der Waals surface area contributed by atoms with Crippen LogP contribution in [0.25, 0.3) is 0 Å². The van der Waals surface area contributed by atoms with Gasteiger partial charge in [-0.3, -0.25) is 4.79 Å². The largest absolute Gasteiger partial charge is 0.322 e. The van der Waals surface area contributed by atoms with E-state index in [1.807, 2.05) is 0 Å². The molecule has 98 valence electrons. The lowest BCUT2D eigenvalue weighted by atomic mass is 10.2. The third-order valence-electron chi connectivity index (χ3n) is 2.23. The average Bonchev–Trinajstić information content (AvgIpc) is 2.36. The number of carbonyl (C=O) groups excluding carboxylic acids is 1. The summed E-state index contributed by atoms with van der Waals surface area (Å²) in [5.74, 6) is -1.10. The van der Waals surface area contributed by atoms with Crippen LogP contribution in [0.2, 0.25) is 10.2 Å². The number of nitrogens with one attached hydrogen (secondary N) is 1. The van der Waals surface area contributed by atoms with E-state index in [9.17, 15) is 9.18 Å². The molecule has 1 N–H and O–H groups in total. The van der Waals surface area contributed by atoms with Gasteiger partial charge in [-0.1, -0.05) is 23.2 Å². The quantitative estimate of drug-likeness (QED) is 0.795. The van der Waals surface area contributed by atoms with E-state index in [4.69, 9.17) is 23.2 Å². The molecule has 7 heteroatoms. The molecule has 2 rings (SSSR count). The Morgan fingerprint density at radius 1 is 1.32 bits per heavy atom. The highest BCUT2D eigenvalue weighted by atomic mass is 79.9. The van der Waals surface area contributed by atoms with Crippen LogP contribution in [0.4, 0.5) is 10.1 Å². The Labute approximate surface area is 126 Å². The first-order valence-electron chi connectivity index (χ1n) is 5.05. The Morgan fingerprint density at radius 2 is 2.05 bits per heavy atom. The summed E-state index contributed by atoms with van der Waals surface area (Å²) < 4.78 is 13.9. The standard InChI is InChI=1S/C12H6BrCl2FN2O/c13-6-3-8(11(15)17-5-6)12(19)18-7-1-2-9(14)10(16)4-7/h1-5H,(H,18,19). The number of carbonyl (C=O) groups is 1. The number of amides is 1. The molecule has 19 heavy (non-hydrogen) atoms. The number of pyridine rings is 1. The first-order chi connectivity index (χ1) is 8.97. The first-order valence-corrected chi connectivity index (χ1v) is 6.59. The summed E-state index contributed by atoms with van der Waals surface area (Å²) in [6.07, 6.45) is 1.47. The summed E-state index contributed by atoms with van der Waals surface area (Å²) in [6, 6.07) is 5.49. The van der Waals surface area contributed by atoms with Crippen LogP contribution in [0.5, 0.6) is 0 Å².